The van der Waals surface area contributed by atoms with Crippen LogP contribution in [0.2, 0.25) is 0 Å². The molecule has 0 unspecified atom stereocenters. The first-order valence-electron chi connectivity index (χ1n) is 22.8. The Labute approximate surface area is 367 Å². The second kappa shape index (κ2) is 19.8. The summed E-state index contributed by atoms with van der Waals surface area (Å²) in [5.74, 6) is -1.06. The van der Waals surface area contributed by atoms with Gasteiger partial charge in [0, 0.05) is 36.7 Å². The Hall–Kier alpha value is -4.60. The number of benzene rings is 2. The molecule has 2 aliphatic heterocycles. The average Bonchev–Trinajstić information content (AvgIpc) is 3.59. The fourth-order valence-corrected chi connectivity index (χ4v) is 10.2. The number of hydrogen-bond donors (Lipinski definition) is 7. The van der Waals surface area contributed by atoms with Gasteiger partial charge >= 0.3 is 7.12 Å². The fraction of sp³-hybridized carbons (Fsp3) is 0.617. The first kappa shape index (κ1) is 46.9. The van der Waals surface area contributed by atoms with E-state index in [1.54, 1.807) is 43.1 Å². The zero-order chi connectivity index (χ0) is 44.9. The van der Waals surface area contributed by atoms with Gasteiger partial charge in [-0.15, -0.1) is 0 Å². The van der Waals surface area contributed by atoms with Gasteiger partial charge in [0.05, 0.1) is 24.2 Å². The van der Waals surface area contributed by atoms with Crippen molar-refractivity contribution >= 4 is 30.7 Å². The predicted octanol–water partition coefficient (Wildman–Crippen LogP) is 5.16. The number of rotatable bonds is 17. The van der Waals surface area contributed by atoms with Crippen molar-refractivity contribution in [3.8, 4) is 22.6 Å². The number of nitrogens with zero attached hydrogens (tertiary/aromatic N) is 1. The van der Waals surface area contributed by atoms with Gasteiger partial charge < -0.3 is 51.4 Å². The number of unbranched alkanes of at least 4 members (excludes halogenated alkanes) is 5. The quantitative estimate of drug-likeness (QED) is 0.0823. The molecule has 2 aromatic carbocycles. The first-order valence-corrected chi connectivity index (χ1v) is 22.8. The number of carbonyl (C=O) groups is 4. The molecule has 3 aliphatic carbocycles. The van der Waals surface area contributed by atoms with Crippen LogP contribution in [0.15, 0.2) is 48.7 Å². The highest BCUT2D eigenvalue weighted by molar-refractivity contribution is 6.46. The molecule has 0 spiro atoms. The van der Waals surface area contributed by atoms with Gasteiger partial charge in [0.15, 0.2) is 0 Å². The summed E-state index contributed by atoms with van der Waals surface area (Å²) in [5, 5.41) is 34.2. The Kier molecular flexibility index (Phi) is 15.0. The van der Waals surface area contributed by atoms with E-state index in [2.05, 4.69) is 55.5 Å². The van der Waals surface area contributed by atoms with E-state index < -0.39 is 54.6 Å². The molecule has 2 heterocycles. The van der Waals surface area contributed by atoms with Crippen molar-refractivity contribution in [3.63, 3.8) is 0 Å². The van der Waals surface area contributed by atoms with E-state index in [1.807, 2.05) is 0 Å². The Balaban J connectivity index is 1.24. The van der Waals surface area contributed by atoms with Gasteiger partial charge in [0.2, 0.25) is 23.6 Å². The van der Waals surface area contributed by atoms with Crippen molar-refractivity contribution in [3.05, 3.63) is 59.8 Å². The second-order valence-electron chi connectivity index (χ2n) is 18.8. The Morgan fingerprint density at radius 2 is 1.69 bits per heavy atom. The van der Waals surface area contributed by atoms with E-state index in [4.69, 9.17) is 15.0 Å². The molecule has 3 saturated carbocycles. The molecule has 2 aromatic rings. The SMILES string of the molecule is C=C([C@H](CCCCN)NC(=O)CCCCCCC)N(C)[C@@H]1C(=O)N[C@@H](C)C(=O)N[C@H](C(=O)NCB2O[C@@H]3C[C@@H]4C[C@@H](C4(C)C)[C@]3(C)O2)Cc2ccc(O)c(c2)-c2cc1ccc2O. The lowest BCUT2D eigenvalue weighted by Crippen LogP contribution is -2.65. The summed E-state index contributed by atoms with van der Waals surface area (Å²) in [6.45, 7) is 15.2. The van der Waals surface area contributed by atoms with E-state index in [0.717, 1.165) is 51.4 Å². The van der Waals surface area contributed by atoms with E-state index in [-0.39, 0.29) is 52.9 Å². The number of hydrogen-bond acceptors (Lipinski definition) is 10. The molecule has 14 nitrogen and oxygen atoms in total. The molecule has 1 saturated heterocycles. The molecule has 7 rings (SSSR count). The summed E-state index contributed by atoms with van der Waals surface area (Å²) in [6, 6.07) is 5.73. The number of nitrogens with two attached hydrogens (primary N) is 1. The van der Waals surface area contributed by atoms with Gasteiger partial charge in [-0.2, -0.15) is 0 Å². The molecule has 4 fully saturated rings. The molecule has 8 atom stereocenters. The van der Waals surface area contributed by atoms with E-state index >= 15 is 0 Å². The number of carbonyl (C=O) groups excluding carboxylic acids is 4. The third-order valence-corrected chi connectivity index (χ3v) is 14.2. The van der Waals surface area contributed by atoms with Gasteiger partial charge in [-0.25, -0.2) is 0 Å². The smallest absolute Gasteiger partial charge is 0.478 e. The maximum atomic E-state index is 14.5. The van der Waals surface area contributed by atoms with Gasteiger partial charge in [0.1, 0.15) is 29.6 Å². The van der Waals surface area contributed by atoms with Crippen LogP contribution in [0.5, 0.6) is 11.5 Å². The van der Waals surface area contributed by atoms with Crippen molar-refractivity contribution in [2.75, 3.05) is 20.0 Å². The normalized spacial score (nSPS) is 26.8. The number of phenolic OH excluding ortho intramolecular Hbond substituents is 2. The molecule has 8 N–H and O–H groups in total. The molecular weight excluding hydrogens is 787 g/mol. The number of phenols is 2. The highest BCUT2D eigenvalue weighted by Crippen LogP contribution is 2.65. The summed E-state index contributed by atoms with van der Waals surface area (Å²) in [6.07, 6.45) is 9.46. The molecule has 6 bridgehead atoms. The number of amides is 4. The minimum atomic E-state index is -1.10. The predicted molar refractivity (Wildman–Crippen MR) is 239 cm³/mol. The highest BCUT2D eigenvalue weighted by Gasteiger charge is 2.67. The van der Waals surface area contributed by atoms with E-state index in [9.17, 15) is 29.4 Å². The van der Waals surface area contributed by atoms with Crippen LogP contribution in [-0.4, -0.2) is 95.7 Å². The molecule has 4 amide bonds. The first-order chi connectivity index (χ1) is 29.5. The second-order valence-corrected chi connectivity index (χ2v) is 18.8. The van der Waals surface area contributed by atoms with Crippen LogP contribution in [-0.2, 0) is 34.9 Å². The summed E-state index contributed by atoms with van der Waals surface area (Å²) in [7, 11) is 1.05. The van der Waals surface area contributed by atoms with Gasteiger partial charge in [-0.05, 0) is 112 Å². The van der Waals surface area contributed by atoms with Crippen LogP contribution in [0.1, 0.15) is 122 Å². The standard InChI is InChI=1S/C47H69BN6O8/c1-8-9-10-11-12-16-41(57)52-35(15-13-14-21-49)29(3)54(7)42-31-18-20-38(56)34(24-31)33-22-30(17-19-37(33)55)23-36(53-43(58)28(2)51-45(42)60)44(59)50-27-48-61-40-26-32-25-39(46(32,4)5)47(40,6)62-48/h17-20,22,24,28,32,35-36,39-40,42,55-56H,3,8-16,21,23,25-27,49H2,1-2,4-7H3,(H,50,59)(H,51,60)(H,52,57)(H,53,58)/t28-,32-,35-,36-,39-,40+,42-,47-/m0/s1. The largest absolute Gasteiger partial charge is 0.507 e. The monoisotopic (exact) mass is 857 g/mol. The van der Waals surface area contributed by atoms with Crippen LogP contribution in [0, 0.1) is 17.3 Å². The van der Waals surface area contributed by atoms with Crippen molar-refractivity contribution < 1.29 is 38.7 Å². The zero-order valence-electron chi connectivity index (χ0n) is 37.6. The maximum absolute atomic E-state index is 14.5. The molecule has 15 heteroatoms. The molecule has 5 aliphatic rings. The molecule has 0 radical (unpaired) electrons. The highest BCUT2D eigenvalue weighted by atomic mass is 16.7. The van der Waals surface area contributed by atoms with Crippen LogP contribution in [0.4, 0.5) is 0 Å². The van der Waals surface area contributed by atoms with E-state index in [0.29, 0.717) is 54.5 Å². The van der Waals surface area contributed by atoms with Crippen LogP contribution < -0.4 is 27.0 Å². The lowest BCUT2D eigenvalue weighted by atomic mass is 9.43. The van der Waals surface area contributed by atoms with Gasteiger partial charge in [-0.3, -0.25) is 19.2 Å². The molecule has 0 aromatic heterocycles. The van der Waals surface area contributed by atoms with Gasteiger partial charge in [-0.1, -0.05) is 65.2 Å². The van der Waals surface area contributed by atoms with Crippen LogP contribution >= 0.6 is 0 Å². The number of aromatic hydroxyl groups is 2. The van der Waals surface area contributed by atoms with Crippen molar-refractivity contribution in [1.82, 2.24) is 26.2 Å². The molecule has 338 valence electrons. The lowest BCUT2D eigenvalue weighted by molar-refractivity contribution is -0.199. The minimum Gasteiger partial charge on any atom is -0.507 e. The summed E-state index contributed by atoms with van der Waals surface area (Å²) in [5.41, 5.74) is 7.60. The summed E-state index contributed by atoms with van der Waals surface area (Å²) >= 11 is 0. The molecular formula is C47H69BN6O8. The Morgan fingerprint density at radius 3 is 2.40 bits per heavy atom. The zero-order valence-corrected chi connectivity index (χ0v) is 37.6. The third kappa shape index (κ3) is 10.1. The number of nitrogens with one attached hydrogen (secondary N) is 4. The molecule has 62 heavy (non-hydrogen) atoms. The van der Waals surface area contributed by atoms with Crippen LogP contribution in [0.3, 0.4) is 0 Å². The summed E-state index contributed by atoms with van der Waals surface area (Å²) in [4.78, 5) is 57.4. The maximum Gasteiger partial charge on any atom is 0.478 e. The number of fused-ring (bicyclic) bond motifs is 5. The van der Waals surface area contributed by atoms with Crippen molar-refractivity contribution in [2.24, 2.45) is 23.0 Å². The minimum absolute atomic E-state index is 0.0395. The van der Waals surface area contributed by atoms with Crippen molar-refractivity contribution in [2.45, 2.75) is 148 Å². The topological polar surface area (TPSA) is 205 Å². The Bertz CT molecular complexity index is 1980. The number of likely N-dealkylation sites (N-methyl/N-ethyl adjacent to an activating group) is 1. The Morgan fingerprint density at radius 1 is 0.984 bits per heavy atom. The average molecular weight is 857 g/mol. The fourth-order valence-electron chi connectivity index (χ4n) is 10.2. The lowest BCUT2D eigenvalue weighted by Gasteiger charge is -2.64. The summed E-state index contributed by atoms with van der Waals surface area (Å²) < 4.78 is 12.9. The van der Waals surface area contributed by atoms with Gasteiger partial charge in [0.25, 0.3) is 0 Å². The van der Waals surface area contributed by atoms with Crippen molar-refractivity contribution in [1.29, 1.82) is 0 Å². The third-order valence-electron chi connectivity index (χ3n) is 14.2. The van der Waals surface area contributed by atoms with Crippen LogP contribution in [0.25, 0.3) is 11.1 Å². The van der Waals surface area contributed by atoms with E-state index in [1.165, 1.54) is 12.1 Å².